The van der Waals surface area contributed by atoms with Crippen LogP contribution in [0.1, 0.15) is 69.7 Å². The van der Waals surface area contributed by atoms with E-state index >= 15 is 0 Å². The van der Waals surface area contributed by atoms with Gasteiger partial charge in [-0.05, 0) is 84.2 Å². The topological polar surface area (TPSA) is 147 Å². The first kappa shape index (κ1) is 35.9. The van der Waals surface area contributed by atoms with Crippen molar-refractivity contribution in [2.45, 2.75) is 82.4 Å². The van der Waals surface area contributed by atoms with Crippen molar-refractivity contribution < 1.29 is 36.9 Å². The number of aliphatic hydroxyl groups is 1. The molecule has 0 bridgehead atoms. The zero-order valence-corrected chi connectivity index (χ0v) is 29.5. The molecule has 6 rings (SSSR count). The maximum atomic E-state index is 14.3. The molecule has 270 valence electrons. The lowest BCUT2D eigenvalue weighted by atomic mass is 9.72. The Hall–Kier alpha value is -2.95. The number of carbonyl (C=O) groups excluding carboxylic acids is 1. The molecule has 1 amide bonds. The molecular weight excluding hydrogens is 655 g/mol. The van der Waals surface area contributed by atoms with Gasteiger partial charge in [0, 0.05) is 56.8 Å². The summed E-state index contributed by atoms with van der Waals surface area (Å²) >= 11 is 0. The summed E-state index contributed by atoms with van der Waals surface area (Å²) in [5, 5.41) is 10.8. The number of halogens is 1. The Balaban J connectivity index is 1.01. The molecule has 1 aromatic heterocycles. The van der Waals surface area contributed by atoms with Gasteiger partial charge in [0.05, 0.1) is 30.2 Å². The molecule has 5 heterocycles. The Kier molecular flexibility index (Phi) is 10.8. The number of anilines is 1. The zero-order chi connectivity index (χ0) is 34.8. The molecule has 4 aliphatic heterocycles. The second-order valence-corrected chi connectivity index (χ2v) is 16.2. The minimum atomic E-state index is -3.47. The van der Waals surface area contributed by atoms with Crippen LogP contribution in [0.5, 0.6) is 11.5 Å². The number of piperidine rings is 1. The number of nitrogens with one attached hydrogen (secondary N) is 1. The minimum Gasteiger partial charge on any atom is -0.451 e. The van der Waals surface area contributed by atoms with Crippen molar-refractivity contribution in [1.29, 1.82) is 0 Å². The summed E-state index contributed by atoms with van der Waals surface area (Å²) in [6.07, 6.45) is 6.76. The lowest BCUT2D eigenvalue weighted by Crippen LogP contribution is -2.62. The fourth-order valence-corrected chi connectivity index (χ4v) is 9.16. The van der Waals surface area contributed by atoms with Gasteiger partial charge in [0.2, 0.25) is 10.0 Å². The lowest BCUT2D eigenvalue weighted by Gasteiger charge is -2.55. The average molecular weight is 705 g/mol. The molecule has 2 aromatic rings. The van der Waals surface area contributed by atoms with E-state index in [0.717, 1.165) is 39.0 Å². The Labute approximate surface area is 288 Å². The maximum Gasteiger partial charge on any atom is 0.257 e. The number of benzene rings is 1. The Morgan fingerprint density at radius 2 is 1.90 bits per heavy atom. The zero-order valence-electron chi connectivity index (χ0n) is 28.6. The van der Waals surface area contributed by atoms with E-state index in [9.17, 15) is 22.7 Å². The normalized spacial score (nSPS) is 24.9. The highest BCUT2D eigenvalue weighted by Crippen LogP contribution is 2.45. The Bertz CT molecular complexity index is 1570. The number of rotatable bonds is 11. The van der Waals surface area contributed by atoms with Gasteiger partial charge in [0.1, 0.15) is 17.9 Å². The molecule has 4 aliphatic rings. The number of ether oxygens (including phenoxy) is 3. The molecule has 49 heavy (non-hydrogen) atoms. The van der Waals surface area contributed by atoms with Crippen LogP contribution in [0.4, 0.5) is 10.2 Å². The molecule has 4 saturated heterocycles. The largest absolute Gasteiger partial charge is 0.451 e. The standard InChI is InChI=1S/C34H49FN6O7S/c1-4-41(24(2)3)32(42)28-17-25(35)5-6-29(28)48-30-18-36-23-37-31(30)40-20-33(21-40)11-13-39(14-12-33)22-34(43)10-7-26(19-47-34)38-49(44,45)27-8-15-46-16-9-27/h5-6,17-18,23-24,26-27,38,43H,4,7-16,19-22H2,1-3H3/t26-,34-/m1/s1. The van der Waals surface area contributed by atoms with Crippen LogP contribution >= 0.6 is 0 Å². The number of β-amino-alcohol motifs (C(OH)–C–C–N with tert-alkyl or cyclic N) is 1. The Morgan fingerprint density at radius 3 is 2.55 bits per heavy atom. The summed E-state index contributed by atoms with van der Waals surface area (Å²) in [5.41, 5.74) is 0.242. The van der Waals surface area contributed by atoms with Gasteiger partial charge in [-0.15, -0.1) is 0 Å². The molecule has 13 nitrogen and oxygen atoms in total. The highest BCUT2D eigenvalue weighted by atomic mass is 32.2. The minimum absolute atomic E-state index is 0.0611. The summed E-state index contributed by atoms with van der Waals surface area (Å²) in [7, 11) is -3.47. The fraction of sp³-hybridized carbons (Fsp3) is 0.676. The Morgan fingerprint density at radius 1 is 1.16 bits per heavy atom. The number of sulfonamides is 1. The molecule has 0 unspecified atom stereocenters. The molecule has 0 aliphatic carbocycles. The van der Waals surface area contributed by atoms with E-state index < -0.39 is 26.9 Å². The lowest BCUT2D eigenvalue weighted by molar-refractivity contribution is -0.239. The van der Waals surface area contributed by atoms with Gasteiger partial charge in [-0.1, -0.05) is 0 Å². The molecule has 15 heteroatoms. The van der Waals surface area contributed by atoms with Crippen LogP contribution in [-0.2, 0) is 19.5 Å². The van der Waals surface area contributed by atoms with Crippen molar-refractivity contribution in [3.8, 4) is 11.5 Å². The smallest absolute Gasteiger partial charge is 0.257 e. The highest BCUT2D eigenvalue weighted by Gasteiger charge is 2.47. The molecule has 2 atom stereocenters. The first-order valence-corrected chi connectivity index (χ1v) is 18.9. The molecule has 0 radical (unpaired) electrons. The second-order valence-electron chi connectivity index (χ2n) is 14.2. The third kappa shape index (κ3) is 8.18. The van der Waals surface area contributed by atoms with E-state index in [1.165, 1.54) is 24.5 Å². The van der Waals surface area contributed by atoms with Crippen LogP contribution in [0.25, 0.3) is 0 Å². The van der Waals surface area contributed by atoms with Crippen LogP contribution in [-0.4, -0.2) is 121 Å². The van der Waals surface area contributed by atoms with E-state index in [4.69, 9.17) is 14.2 Å². The van der Waals surface area contributed by atoms with Crippen molar-refractivity contribution in [2.75, 3.05) is 64.0 Å². The molecular formula is C34H49FN6O7S. The average Bonchev–Trinajstić information content (AvgIpc) is 3.07. The summed E-state index contributed by atoms with van der Waals surface area (Å²) in [6.45, 7) is 10.8. The summed E-state index contributed by atoms with van der Waals surface area (Å²) in [4.78, 5) is 28.0. The van der Waals surface area contributed by atoms with E-state index in [2.05, 4.69) is 24.5 Å². The van der Waals surface area contributed by atoms with Crippen molar-refractivity contribution in [2.24, 2.45) is 5.41 Å². The first-order chi connectivity index (χ1) is 23.4. The monoisotopic (exact) mass is 704 g/mol. The number of hydrogen-bond donors (Lipinski definition) is 2. The summed E-state index contributed by atoms with van der Waals surface area (Å²) < 4.78 is 60.1. The van der Waals surface area contributed by atoms with Crippen LogP contribution in [0.15, 0.2) is 30.7 Å². The van der Waals surface area contributed by atoms with E-state index in [1.807, 2.05) is 20.8 Å². The molecule has 0 saturated carbocycles. The number of likely N-dealkylation sites (tertiary alicyclic amines) is 1. The fourth-order valence-electron chi connectivity index (χ4n) is 7.50. The molecule has 1 aromatic carbocycles. The van der Waals surface area contributed by atoms with Crippen molar-refractivity contribution in [3.05, 3.63) is 42.1 Å². The maximum absolute atomic E-state index is 14.3. The number of carbonyl (C=O) groups is 1. The van der Waals surface area contributed by atoms with E-state index in [0.29, 0.717) is 63.6 Å². The van der Waals surface area contributed by atoms with Crippen LogP contribution < -0.4 is 14.4 Å². The van der Waals surface area contributed by atoms with Gasteiger partial charge >= 0.3 is 0 Å². The van der Waals surface area contributed by atoms with Gasteiger partial charge in [0.25, 0.3) is 5.91 Å². The summed E-state index contributed by atoms with van der Waals surface area (Å²) in [6, 6.07) is 3.54. The van der Waals surface area contributed by atoms with Gasteiger partial charge in [-0.2, -0.15) is 0 Å². The molecule has 2 N–H and O–H groups in total. The van der Waals surface area contributed by atoms with Gasteiger partial charge in [-0.3, -0.25) is 9.69 Å². The molecule has 4 fully saturated rings. The SMILES string of the molecule is CCN(C(=O)c1cc(F)ccc1Oc1cncnc1N1CC2(CCN(C[C@@]3(O)CC[C@@H](NS(=O)(=O)C4CCOCC4)CO3)CC2)C1)C(C)C. The van der Waals surface area contributed by atoms with Gasteiger partial charge < -0.3 is 29.1 Å². The van der Waals surface area contributed by atoms with Crippen molar-refractivity contribution in [3.63, 3.8) is 0 Å². The van der Waals surface area contributed by atoms with Crippen LogP contribution in [0.3, 0.4) is 0 Å². The van der Waals surface area contributed by atoms with Gasteiger partial charge in [-0.25, -0.2) is 27.5 Å². The third-order valence-corrected chi connectivity index (χ3v) is 12.4. The van der Waals surface area contributed by atoms with Crippen molar-refractivity contribution >= 4 is 21.7 Å². The van der Waals surface area contributed by atoms with E-state index in [1.54, 1.807) is 11.1 Å². The van der Waals surface area contributed by atoms with Crippen LogP contribution in [0, 0.1) is 11.2 Å². The van der Waals surface area contributed by atoms with Crippen LogP contribution in [0.2, 0.25) is 0 Å². The first-order valence-electron chi connectivity index (χ1n) is 17.4. The predicted molar refractivity (Wildman–Crippen MR) is 180 cm³/mol. The molecule has 1 spiro atoms. The number of hydrogen-bond acceptors (Lipinski definition) is 11. The predicted octanol–water partition coefficient (Wildman–Crippen LogP) is 3.15. The number of aromatic nitrogens is 2. The second kappa shape index (κ2) is 14.7. The van der Waals surface area contributed by atoms with Gasteiger partial charge in [0.15, 0.2) is 17.4 Å². The highest BCUT2D eigenvalue weighted by molar-refractivity contribution is 7.90. The number of amides is 1. The third-order valence-electron chi connectivity index (χ3n) is 10.4. The summed E-state index contributed by atoms with van der Waals surface area (Å²) in [5.74, 6) is -0.874. The van der Waals surface area contributed by atoms with E-state index in [-0.39, 0.29) is 41.3 Å². The van der Waals surface area contributed by atoms with Crippen molar-refractivity contribution in [1.82, 2.24) is 24.5 Å². The quantitative estimate of drug-likeness (QED) is 0.356. The number of nitrogens with zero attached hydrogens (tertiary/aromatic N) is 5.